The number of carbonyl (C=O) groups is 1. The van der Waals surface area contributed by atoms with Crippen LogP contribution >= 0.6 is 0 Å². The third kappa shape index (κ3) is 5.92. The summed E-state index contributed by atoms with van der Waals surface area (Å²) >= 11 is 0. The fourth-order valence-corrected chi connectivity index (χ4v) is 7.99. The first-order chi connectivity index (χ1) is 20.4. The van der Waals surface area contributed by atoms with Crippen LogP contribution in [-0.2, 0) is 27.7 Å². The van der Waals surface area contributed by atoms with E-state index in [-0.39, 0.29) is 16.8 Å². The Morgan fingerprint density at radius 2 is 1.79 bits per heavy atom. The molecule has 0 fully saturated rings. The van der Waals surface area contributed by atoms with Gasteiger partial charge in [0.15, 0.2) is 0 Å². The number of carbonyl (C=O) groups excluding carboxylic acids is 1. The number of amides is 1. The van der Waals surface area contributed by atoms with Gasteiger partial charge in [-0.3, -0.25) is 4.79 Å². The van der Waals surface area contributed by atoms with Crippen LogP contribution in [-0.4, -0.2) is 44.5 Å². The van der Waals surface area contributed by atoms with Gasteiger partial charge in [-0.25, -0.2) is 12.4 Å². The van der Waals surface area contributed by atoms with Crippen LogP contribution in [0, 0.1) is 25.2 Å². The highest BCUT2D eigenvalue weighted by atomic mass is 32.2. The standard InChI is InChI=1S/C34H39N3O4SSi/c1-7-26-18-24(3)33-29(14-15-37(33)42(39,40)28-12-8-23(2)9-13-28)32(26)34(38)36-21-27-11-10-25(20-35)19-30(27)31(36)22-41-16-17-43(4,5)6/h8-15,18-19,31H,7,16-17,21-22H2,1-6H3. The van der Waals surface area contributed by atoms with Gasteiger partial charge in [0.05, 0.1) is 40.3 Å². The van der Waals surface area contributed by atoms with Gasteiger partial charge in [0.25, 0.3) is 15.9 Å². The van der Waals surface area contributed by atoms with Crippen molar-refractivity contribution in [2.24, 2.45) is 0 Å². The highest BCUT2D eigenvalue weighted by Gasteiger charge is 2.36. The van der Waals surface area contributed by atoms with Crippen LogP contribution in [0.1, 0.15) is 56.7 Å². The molecule has 0 saturated carbocycles. The van der Waals surface area contributed by atoms with E-state index in [0.717, 1.165) is 33.9 Å². The average molecular weight is 614 g/mol. The monoisotopic (exact) mass is 613 g/mol. The second kappa shape index (κ2) is 11.8. The first kappa shape index (κ1) is 30.7. The summed E-state index contributed by atoms with van der Waals surface area (Å²) in [5.41, 5.74) is 6.12. The molecule has 43 heavy (non-hydrogen) atoms. The van der Waals surface area contributed by atoms with Crippen molar-refractivity contribution in [3.05, 3.63) is 99.7 Å². The van der Waals surface area contributed by atoms with Crippen LogP contribution in [0.25, 0.3) is 10.9 Å². The van der Waals surface area contributed by atoms with Crippen LogP contribution in [0.15, 0.2) is 65.7 Å². The number of aromatic nitrogens is 1. The number of nitrogens with zero attached hydrogens (tertiary/aromatic N) is 3. The van der Waals surface area contributed by atoms with E-state index in [4.69, 9.17) is 4.74 Å². The van der Waals surface area contributed by atoms with Crippen LogP contribution < -0.4 is 0 Å². The highest BCUT2D eigenvalue weighted by molar-refractivity contribution is 7.90. The van der Waals surface area contributed by atoms with Crippen molar-refractivity contribution >= 4 is 34.9 Å². The molecule has 2 heterocycles. The summed E-state index contributed by atoms with van der Waals surface area (Å²) in [6, 6.07) is 18.9. The molecule has 7 nitrogen and oxygen atoms in total. The third-order valence-corrected chi connectivity index (χ3v) is 11.7. The van der Waals surface area contributed by atoms with Crippen molar-refractivity contribution in [2.45, 2.75) is 70.4 Å². The number of hydrogen-bond acceptors (Lipinski definition) is 5. The second-order valence-corrected chi connectivity index (χ2v) is 20.1. The first-order valence-corrected chi connectivity index (χ1v) is 19.9. The second-order valence-electron chi connectivity index (χ2n) is 12.6. The average Bonchev–Trinajstić information content (AvgIpc) is 3.57. The van der Waals surface area contributed by atoms with E-state index >= 15 is 0 Å². The minimum absolute atomic E-state index is 0.166. The Labute approximate surface area is 255 Å². The van der Waals surface area contributed by atoms with Crippen molar-refractivity contribution in [1.82, 2.24) is 8.87 Å². The lowest BCUT2D eigenvalue weighted by molar-refractivity contribution is 0.0486. The maximum atomic E-state index is 14.6. The molecule has 1 aliphatic heterocycles. The molecule has 0 aliphatic carbocycles. The van der Waals surface area contributed by atoms with Crippen molar-refractivity contribution in [2.75, 3.05) is 13.2 Å². The number of benzene rings is 3. The van der Waals surface area contributed by atoms with Crippen molar-refractivity contribution in [1.29, 1.82) is 5.26 Å². The van der Waals surface area contributed by atoms with Gasteiger partial charge in [0.2, 0.25) is 0 Å². The zero-order chi connectivity index (χ0) is 31.1. The van der Waals surface area contributed by atoms with Gasteiger partial charge >= 0.3 is 0 Å². The fourth-order valence-electron chi connectivity index (χ4n) is 5.82. The minimum atomic E-state index is -3.89. The molecule has 0 spiro atoms. The summed E-state index contributed by atoms with van der Waals surface area (Å²) in [4.78, 5) is 16.6. The maximum absolute atomic E-state index is 14.6. The number of ether oxygens (including phenoxy) is 1. The predicted molar refractivity (Wildman–Crippen MR) is 173 cm³/mol. The molecule has 1 aliphatic rings. The Bertz CT molecular complexity index is 1850. The molecule has 0 N–H and O–H groups in total. The van der Waals surface area contributed by atoms with Crippen LogP contribution in [0.5, 0.6) is 0 Å². The molecule has 0 saturated heterocycles. The molecular formula is C34H39N3O4SSi. The molecule has 3 aromatic carbocycles. The SMILES string of the molecule is CCc1cc(C)c2c(ccn2S(=O)(=O)c2ccc(C)cc2)c1C(=O)N1Cc2ccc(C#N)cc2C1COCC[Si](C)(C)C. The van der Waals surface area contributed by atoms with Crippen molar-refractivity contribution in [3.8, 4) is 6.07 Å². The molecule has 4 aromatic rings. The molecule has 5 rings (SSSR count). The Morgan fingerprint density at radius 1 is 1.07 bits per heavy atom. The van der Waals surface area contributed by atoms with E-state index in [0.29, 0.717) is 48.2 Å². The highest BCUT2D eigenvalue weighted by Crippen LogP contribution is 2.39. The summed E-state index contributed by atoms with van der Waals surface area (Å²) in [6.45, 7) is 14.1. The Hall–Kier alpha value is -3.71. The molecule has 1 atom stereocenters. The zero-order valence-electron chi connectivity index (χ0n) is 25.8. The molecule has 224 valence electrons. The fraction of sp³-hybridized carbons (Fsp3) is 0.353. The lowest BCUT2D eigenvalue weighted by Gasteiger charge is -2.27. The lowest BCUT2D eigenvalue weighted by Crippen LogP contribution is -2.33. The van der Waals surface area contributed by atoms with E-state index in [1.165, 1.54) is 3.97 Å². The Balaban J connectivity index is 1.59. The Kier molecular flexibility index (Phi) is 8.40. The van der Waals surface area contributed by atoms with Crippen molar-refractivity contribution < 1.29 is 17.9 Å². The van der Waals surface area contributed by atoms with Gasteiger partial charge in [0, 0.05) is 32.8 Å². The summed E-state index contributed by atoms with van der Waals surface area (Å²) in [6.07, 6.45) is 2.17. The number of fused-ring (bicyclic) bond motifs is 2. The van der Waals surface area contributed by atoms with Gasteiger partial charge < -0.3 is 9.64 Å². The molecule has 1 unspecified atom stereocenters. The van der Waals surface area contributed by atoms with Crippen molar-refractivity contribution in [3.63, 3.8) is 0 Å². The first-order valence-electron chi connectivity index (χ1n) is 14.7. The lowest BCUT2D eigenvalue weighted by atomic mass is 9.96. The minimum Gasteiger partial charge on any atom is -0.379 e. The number of aryl methyl sites for hydroxylation is 3. The largest absolute Gasteiger partial charge is 0.379 e. The zero-order valence-corrected chi connectivity index (χ0v) is 27.6. The van der Waals surface area contributed by atoms with Crippen LogP contribution in [0.2, 0.25) is 25.7 Å². The van der Waals surface area contributed by atoms with Crippen LogP contribution in [0.3, 0.4) is 0 Å². The summed E-state index contributed by atoms with van der Waals surface area (Å²) < 4.78 is 35.0. The quantitative estimate of drug-likeness (QED) is 0.150. The summed E-state index contributed by atoms with van der Waals surface area (Å²) in [5.74, 6) is -0.166. The molecule has 1 aromatic heterocycles. The van der Waals surface area contributed by atoms with E-state index in [9.17, 15) is 18.5 Å². The van der Waals surface area contributed by atoms with E-state index in [2.05, 4.69) is 25.7 Å². The molecule has 0 bridgehead atoms. The van der Waals surface area contributed by atoms with Gasteiger partial charge in [-0.2, -0.15) is 5.26 Å². The number of nitriles is 1. The van der Waals surface area contributed by atoms with Gasteiger partial charge in [-0.1, -0.05) is 56.4 Å². The molecule has 1 amide bonds. The maximum Gasteiger partial charge on any atom is 0.268 e. The summed E-state index contributed by atoms with van der Waals surface area (Å²) in [5, 5.41) is 10.2. The normalized spacial score (nSPS) is 15.1. The molecular weight excluding hydrogens is 575 g/mol. The van der Waals surface area contributed by atoms with Gasteiger partial charge in [-0.05, 0) is 78.9 Å². The smallest absolute Gasteiger partial charge is 0.268 e. The van der Waals surface area contributed by atoms with Gasteiger partial charge in [0.1, 0.15) is 0 Å². The molecule has 0 radical (unpaired) electrons. The summed E-state index contributed by atoms with van der Waals surface area (Å²) in [7, 11) is -5.19. The van der Waals surface area contributed by atoms with E-state index in [1.807, 2.05) is 43.9 Å². The van der Waals surface area contributed by atoms with Gasteiger partial charge in [-0.15, -0.1) is 0 Å². The van der Waals surface area contributed by atoms with E-state index in [1.54, 1.807) is 42.6 Å². The topological polar surface area (TPSA) is 92.4 Å². The number of hydrogen-bond donors (Lipinski definition) is 0. The van der Waals surface area contributed by atoms with Crippen LogP contribution in [0.4, 0.5) is 0 Å². The molecule has 9 heteroatoms. The Morgan fingerprint density at radius 3 is 2.44 bits per heavy atom. The third-order valence-electron chi connectivity index (χ3n) is 8.26. The number of rotatable bonds is 9. The van der Waals surface area contributed by atoms with E-state index < -0.39 is 18.1 Å². The predicted octanol–water partition coefficient (Wildman–Crippen LogP) is 6.98.